The molecule has 21 heavy (non-hydrogen) atoms. The number of hydrogen-bond acceptors (Lipinski definition) is 3. The van der Waals surface area contributed by atoms with Crippen molar-refractivity contribution in [2.75, 3.05) is 13.2 Å². The molecule has 2 aliphatic rings. The molecule has 1 unspecified atom stereocenters. The predicted molar refractivity (Wildman–Crippen MR) is 80.8 cm³/mol. The molecule has 2 N–H and O–H groups in total. The average molecular weight is 348 g/mol. The number of halogens is 1. The molecular weight excluding hydrogens is 334 g/mol. The van der Waals surface area contributed by atoms with Crippen molar-refractivity contribution in [3.63, 3.8) is 0 Å². The summed E-state index contributed by atoms with van der Waals surface area (Å²) in [6, 6.07) is 9.89. The molecule has 1 aliphatic carbocycles. The van der Waals surface area contributed by atoms with Crippen molar-refractivity contribution in [2.24, 2.45) is 11.8 Å². The zero-order chi connectivity index (χ0) is 14.4. The van der Waals surface area contributed by atoms with E-state index in [0.717, 1.165) is 28.9 Å². The van der Waals surface area contributed by atoms with E-state index in [1.807, 2.05) is 24.3 Å². The van der Waals surface area contributed by atoms with E-state index in [-0.39, 0.29) is 11.9 Å². The quantitative estimate of drug-likeness (QED) is 0.894. The van der Waals surface area contributed by atoms with Crippen molar-refractivity contribution in [1.82, 2.24) is 15.5 Å². The number of ether oxygens (including phenoxy) is 1. The standard InChI is InChI=1S/C15H14BrN3O2/c16-9-3-1-8(2-4-9)12-5-13(19-18-12)15(20)17-14-10-6-21-7-11(10)14/h1-5,10-11,14H,6-7H2,(H,17,20)(H,18,19)/t10-,11+,14?. The Kier molecular flexibility index (Phi) is 3.08. The molecule has 5 nitrogen and oxygen atoms in total. The molecule has 1 amide bonds. The van der Waals surface area contributed by atoms with Crippen LogP contribution in [0.25, 0.3) is 11.3 Å². The first-order valence-electron chi connectivity index (χ1n) is 6.92. The van der Waals surface area contributed by atoms with Crippen molar-refractivity contribution >= 4 is 21.8 Å². The Hall–Kier alpha value is -1.66. The maximum absolute atomic E-state index is 12.2. The van der Waals surface area contributed by atoms with Crippen LogP contribution < -0.4 is 5.32 Å². The third kappa shape index (κ3) is 2.38. The highest BCUT2D eigenvalue weighted by molar-refractivity contribution is 9.10. The van der Waals surface area contributed by atoms with E-state index in [0.29, 0.717) is 17.5 Å². The van der Waals surface area contributed by atoms with E-state index in [9.17, 15) is 4.79 Å². The van der Waals surface area contributed by atoms with E-state index in [2.05, 4.69) is 31.4 Å². The second-order valence-corrected chi connectivity index (χ2v) is 6.45. The fourth-order valence-corrected chi connectivity index (χ4v) is 3.15. The van der Waals surface area contributed by atoms with Gasteiger partial charge < -0.3 is 10.1 Å². The number of H-pyrrole nitrogens is 1. The summed E-state index contributed by atoms with van der Waals surface area (Å²) in [5.74, 6) is 0.913. The largest absolute Gasteiger partial charge is 0.381 e. The molecule has 2 aromatic rings. The normalized spacial score (nSPS) is 26.4. The third-order valence-electron chi connectivity index (χ3n) is 4.21. The maximum Gasteiger partial charge on any atom is 0.269 e. The number of benzene rings is 1. The van der Waals surface area contributed by atoms with Gasteiger partial charge in [0.05, 0.1) is 18.9 Å². The first-order valence-corrected chi connectivity index (χ1v) is 7.71. The van der Waals surface area contributed by atoms with Gasteiger partial charge in [0.25, 0.3) is 5.91 Å². The van der Waals surface area contributed by atoms with Crippen LogP contribution in [0, 0.1) is 11.8 Å². The maximum atomic E-state index is 12.2. The second kappa shape index (κ2) is 4.96. The topological polar surface area (TPSA) is 67.0 Å². The molecule has 1 saturated heterocycles. The summed E-state index contributed by atoms with van der Waals surface area (Å²) in [6.07, 6.45) is 0. The van der Waals surface area contributed by atoms with Crippen molar-refractivity contribution in [1.29, 1.82) is 0 Å². The minimum Gasteiger partial charge on any atom is -0.381 e. The highest BCUT2D eigenvalue weighted by Gasteiger charge is 2.54. The van der Waals surface area contributed by atoms with Crippen LogP contribution in [0.5, 0.6) is 0 Å². The summed E-state index contributed by atoms with van der Waals surface area (Å²) in [6.45, 7) is 1.53. The minimum atomic E-state index is -0.0924. The van der Waals surface area contributed by atoms with Crippen LogP contribution in [0.1, 0.15) is 10.5 Å². The second-order valence-electron chi connectivity index (χ2n) is 5.54. The van der Waals surface area contributed by atoms with E-state index < -0.39 is 0 Å². The Morgan fingerprint density at radius 2 is 2.00 bits per heavy atom. The van der Waals surface area contributed by atoms with Gasteiger partial charge in [0.15, 0.2) is 0 Å². The molecule has 1 aliphatic heterocycles. The predicted octanol–water partition coefficient (Wildman–Crippen LogP) is 2.21. The highest BCUT2D eigenvalue weighted by atomic mass is 79.9. The average Bonchev–Trinajstić information content (AvgIpc) is 2.95. The fourth-order valence-electron chi connectivity index (χ4n) is 2.89. The summed E-state index contributed by atoms with van der Waals surface area (Å²) in [4.78, 5) is 12.2. The van der Waals surface area contributed by atoms with Crippen molar-refractivity contribution in [3.05, 3.63) is 40.5 Å². The van der Waals surface area contributed by atoms with Crippen LogP contribution in [-0.4, -0.2) is 35.4 Å². The lowest BCUT2D eigenvalue weighted by Gasteiger charge is -2.05. The van der Waals surface area contributed by atoms with Gasteiger partial charge in [0.1, 0.15) is 5.69 Å². The molecule has 1 saturated carbocycles. The van der Waals surface area contributed by atoms with Gasteiger partial charge in [-0.1, -0.05) is 28.1 Å². The molecule has 108 valence electrons. The zero-order valence-corrected chi connectivity index (χ0v) is 12.8. The van der Waals surface area contributed by atoms with Gasteiger partial charge in [-0.25, -0.2) is 0 Å². The van der Waals surface area contributed by atoms with E-state index in [1.54, 1.807) is 6.07 Å². The summed E-state index contributed by atoms with van der Waals surface area (Å²) < 4.78 is 6.34. The third-order valence-corrected chi connectivity index (χ3v) is 4.74. The Morgan fingerprint density at radius 3 is 2.71 bits per heavy atom. The Bertz CT molecular complexity index is 672. The number of rotatable bonds is 3. The molecule has 2 fully saturated rings. The Labute approximate surface area is 130 Å². The minimum absolute atomic E-state index is 0.0924. The van der Waals surface area contributed by atoms with Crippen LogP contribution in [0.2, 0.25) is 0 Å². The molecule has 3 atom stereocenters. The number of carbonyl (C=O) groups is 1. The van der Waals surface area contributed by atoms with Gasteiger partial charge in [-0.05, 0) is 18.2 Å². The molecule has 2 heterocycles. The number of carbonyl (C=O) groups excluding carboxylic acids is 1. The van der Waals surface area contributed by atoms with Gasteiger partial charge in [0, 0.05) is 27.9 Å². The number of aromatic nitrogens is 2. The van der Waals surface area contributed by atoms with Gasteiger partial charge in [-0.2, -0.15) is 5.10 Å². The van der Waals surface area contributed by atoms with Crippen molar-refractivity contribution in [3.8, 4) is 11.3 Å². The first kappa shape index (κ1) is 13.0. The van der Waals surface area contributed by atoms with Crippen molar-refractivity contribution < 1.29 is 9.53 Å². The lowest BCUT2D eigenvalue weighted by molar-refractivity contribution is 0.0924. The van der Waals surface area contributed by atoms with Crippen LogP contribution in [0.3, 0.4) is 0 Å². The summed E-state index contributed by atoms with van der Waals surface area (Å²) in [7, 11) is 0. The number of nitrogens with zero attached hydrogens (tertiary/aromatic N) is 1. The van der Waals surface area contributed by atoms with Crippen LogP contribution in [0.15, 0.2) is 34.8 Å². The lowest BCUT2D eigenvalue weighted by Crippen LogP contribution is -2.30. The van der Waals surface area contributed by atoms with Crippen LogP contribution >= 0.6 is 15.9 Å². The van der Waals surface area contributed by atoms with E-state index in [1.165, 1.54) is 0 Å². The van der Waals surface area contributed by atoms with E-state index >= 15 is 0 Å². The molecule has 0 bridgehead atoms. The number of aromatic amines is 1. The fraction of sp³-hybridized carbons (Fsp3) is 0.333. The molecular formula is C15H14BrN3O2. The summed E-state index contributed by atoms with van der Waals surface area (Å²) in [5, 5.41) is 10.1. The van der Waals surface area contributed by atoms with Crippen LogP contribution in [-0.2, 0) is 4.74 Å². The lowest BCUT2D eigenvalue weighted by atomic mass is 10.1. The first-order chi connectivity index (χ1) is 10.2. The molecule has 0 spiro atoms. The smallest absolute Gasteiger partial charge is 0.269 e. The summed E-state index contributed by atoms with van der Waals surface area (Å²) in [5.41, 5.74) is 2.25. The van der Waals surface area contributed by atoms with Gasteiger partial charge in [-0.3, -0.25) is 9.89 Å². The number of hydrogen-bond donors (Lipinski definition) is 2. The molecule has 0 radical (unpaired) electrons. The monoisotopic (exact) mass is 347 g/mol. The van der Waals surface area contributed by atoms with Gasteiger partial charge in [-0.15, -0.1) is 0 Å². The molecule has 4 rings (SSSR count). The van der Waals surface area contributed by atoms with Gasteiger partial charge in [0.2, 0.25) is 0 Å². The van der Waals surface area contributed by atoms with Crippen molar-refractivity contribution in [2.45, 2.75) is 6.04 Å². The zero-order valence-electron chi connectivity index (χ0n) is 11.2. The Balaban J connectivity index is 1.46. The van der Waals surface area contributed by atoms with E-state index in [4.69, 9.17) is 4.74 Å². The summed E-state index contributed by atoms with van der Waals surface area (Å²) >= 11 is 3.40. The van der Waals surface area contributed by atoms with Gasteiger partial charge >= 0.3 is 0 Å². The van der Waals surface area contributed by atoms with Crippen LogP contribution in [0.4, 0.5) is 0 Å². The Morgan fingerprint density at radius 1 is 1.29 bits per heavy atom. The number of fused-ring (bicyclic) bond motifs is 1. The molecule has 1 aromatic heterocycles. The number of nitrogens with one attached hydrogen (secondary N) is 2. The molecule has 6 heteroatoms. The number of amides is 1. The molecule has 1 aromatic carbocycles. The SMILES string of the molecule is O=C(NC1[C@H]2COC[C@@H]12)c1cc(-c2ccc(Br)cc2)n[nH]1. The highest BCUT2D eigenvalue weighted by Crippen LogP contribution is 2.44.